The predicted octanol–water partition coefficient (Wildman–Crippen LogP) is 0.496. The molecule has 1 saturated heterocycles. The highest BCUT2D eigenvalue weighted by molar-refractivity contribution is 14.0. The van der Waals surface area contributed by atoms with Gasteiger partial charge in [0.05, 0.1) is 18.8 Å². The van der Waals surface area contributed by atoms with Crippen LogP contribution in [0.25, 0.3) is 0 Å². The van der Waals surface area contributed by atoms with Crippen molar-refractivity contribution in [3.63, 3.8) is 0 Å². The lowest BCUT2D eigenvalue weighted by Crippen LogP contribution is -2.46. The molecule has 1 aromatic heterocycles. The average molecular weight is 417 g/mol. The van der Waals surface area contributed by atoms with Crippen LogP contribution in [0, 0.1) is 6.92 Å². The van der Waals surface area contributed by atoms with Crippen molar-refractivity contribution in [2.24, 2.45) is 10.2 Å². The molecule has 0 saturated carbocycles. The molecule has 9 nitrogen and oxygen atoms in total. The summed E-state index contributed by atoms with van der Waals surface area (Å²) in [5, 5.41) is 10.1. The summed E-state index contributed by atoms with van der Waals surface area (Å²) >= 11 is 0. The van der Waals surface area contributed by atoms with Crippen molar-refractivity contribution in [3.05, 3.63) is 30.0 Å². The van der Waals surface area contributed by atoms with E-state index in [2.05, 4.69) is 31.2 Å². The van der Waals surface area contributed by atoms with E-state index in [1.807, 2.05) is 19.1 Å². The van der Waals surface area contributed by atoms with Gasteiger partial charge in [-0.1, -0.05) is 0 Å². The monoisotopic (exact) mass is 417 g/mol. The Bertz CT molecular complexity index is 641. The van der Waals surface area contributed by atoms with Crippen LogP contribution in [0.5, 0.6) is 0 Å². The van der Waals surface area contributed by atoms with E-state index in [9.17, 15) is 0 Å². The first-order valence-corrected chi connectivity index (χ1v) is 6.73. The smallest absolute Gasteiger partial charge is 0.225 e. The number of amidine groups is 2. The number of nitrogens with zero attached hydrogens (tertiary/aromatic N) is 5. The predicted molar refractivity (Wildman–Crippen MR) is 89.0 cm³/mol. The Hall–Kier alpha value is -1.66. The quantitative estimate of drug-likeness (QED) is 0.644. The van der Waals surface area contributed by atoms with Gasteiger partial charge in [0.1, 0.15) is 6.26 Å². The van der Waals surface area contributed by atoms with Crippen molar-refractivity contribution in [2.45, 2.75) is 13.0 Å². The summed E-state index contributed by atoms with van der Waals surface area (Å²) in [6.45, 7) is 3.92. The Morgan fingerprint density at radius 3 is 3.00 bits per heavy atom. The fourth-order valence-electron chi connectivity index (χ4n) is 2.40. The minimum absolute atomic E-state index is 0. The standard InChI is InChI=1S/C12H15N7O2.HI/c1-8-7-21-12(13-8)9-6-18(4-5-20-9)11-3-2-10-14-16-17-19(10)15-11;/h2-3,7,9,16-17H,4-6H2,1H3;1H. The van der Waals surface area contributed by atoms with Crippen LogP contribution in [0.1, 0.15) is 17.7 Å². The van der Waals surface area contributed by atoms with E-state index >= 15 is 0 Å². The number of aryl methyl sites for hydroxylation is 1. The minimum atomic E-state index is -0.178. The molecule has 3 aliphatic rings. The number of fused-ring (bicyclic) bond motifs is 1. The maximum Gasteiger partial charge on any atom is 0.225 e. The first-order valence-electron chi connectivity index (χ1n) is 6.73. The third-order valence-electron chi connectivity index (χ3n) is 3.43. The number of ether oxygens (including phenoxy) is 1. The number of morpholine rings is 1. The Morgan fingerprint density at radius 1 is 1.32 bits per heavy atom. The summed E-state index contributed by atoms with van der Waals surface area (Å²) < 4.78 is 11.2. The second-order valence-corrected chi connectivity index (χ2v) is 4.93. The largest absolute Gasteiger partial charge is 0.446 e. The molecular formula is C12H16IN7O2. The average Bonchev–Trinajstić information content (AvgIpc) is 3.15. The zero-order valence-corrected chi connectivity index (χ0v) is 14.2. The topological polar surface area (TPSA) is 90.5 Å². The van der Waals surface area contributed by atoms with Crippen LogP contribution in [0.3, 0.4) is 0 Å². The fraction of sp³-hybridized carbons (Fsp3) is 0.417. The van der Waals surface area contributed by atoms with Crippen molar-refractivity contribution in [1.29, 1.82) is 0 Å². The molecule has 1 atom stereocenters. The molecule has 0 bridgehead atoms. The van der Waals surface area contributed by atoms with Crippen LogP contribution in [0.15, 0.2) is 33.0 Å². The molecule has 0 aliphatic carbocycles. The molecule has 2 N–H and O–H groups in total. The van der Waals surface area contributed by atoms with Crippen LogP contribution < -0.4 is 11.1 Å². The number of nitrogens with one attached hydrogen (secondary N) is 2. The summed E-state index contributed by atoms with van der Waals surface area (Å²) in [6, 6.07) is 0. The van der Waals surface area contributed by atoms with Gasteiger partial charge in [-0.05, 0) is 19.1 Å². The molecule has 10 heteroatoms. The Morgan fingerprint density at radius 2 is 2.18 bits per heavy atom. The second kappa shape index (κ2) is 6.22. The Balaban J connectivity index is 0.00000144. The van der Waals surface area contributed by atoms with Crippen LogP contribution in [0.4, 0.5) is 0 Å². The number of oxazole rings is 1. The normalized spacial score (nSPS) is 23.4. The zero-order chi connectivity index (χ0) is 14.2. The minimum Gasteiger partial charge on any atom is -0.446 e. The third-order valence-corrected chi connectivity index (χ3v) is 3.43. The number of rotatable bonds is 1. The van der Waals surface area contributed by atoms with Crippen molar-refractivity contribution in [1.82, 2.24) is 26.1 Å². The van der Waals surface area contributed by atoms with E-state index in [1.54, 1.807) is 11.4 Å². The third kappa shape index (κ3) is 2.80. The van der Waals surface area contributed by atoms with Gasteiger partial charge in [-0.25, -0.2) is 10.5 Å². The van der Waals surface area contributed by atoms with Gasteiger partial charge in [-0.15, -0.1) is 39.7 Å². The number of hydrazine groups is 2. The van der Waals surface area contributed by atoms with Gasteiger partial charge in [-0.3, -0.25) is 0 Å². The van der Waals surface area contributed by atoms with Crippen molar-refractivity contribution in [2.75, 3.05) is 19.7 Å². The highest BCUT2D eigenvalue weighted by Gasteiger charge is 2.29. The molecule has 0 radical (unpaired) electrons. The fourth-order valence-corrected chi connectivity index (χ4v) is 2.40. The number of hydrogen-bond acceptors (Lipinski definition) is 9. The zero-order valence-electron chi connectivity index (χ0n) is 11.9. The lowest BCUT2D eigenvalue weighted by molar-refractivity contribution is -0.0215. The molecule has 0 amide bonds. The summed E-state index contributed by atoms with van der Waals surface area (Å²) in [5.74, 6) is 2.19. The van der Waals surface area contributed by atoms with Gasteiger partial charge in [0, 0.05) is 6.54 Å². The SMILES string of the molecule is Cc1coc(C2CN(C3=NN4NNN=C4C=C3)CCO2)n1.I. The van der Waals surface area contributed by atoms with Crippen molar-refractivity contribution in [3.8, 4) is 0 Å². The highest BCUT2D eigenvalue weighted by atomic mass is 127. The van der Waals surface area contributed by atoms with Gasteiger partial charge in [0.25, 0.3) is 0 Å². The summed E-state index contributed by atoms with van der Waals surface area (Å²) in [6.07, 6.45) is 5.30. The van der Waals surface area contributed by atoms with E-state index < -0.39 is 0 Å². The molecule has 0 aromatic carbocycles. The van der Waals surface area contributed by atoms with Gasteiger partial charge < -0.3 is 14.1 Å². The van der Waals surface area contributed by atoms with E-state index in [-0.39, 0.29) is 30.1 Å². The molecule has 3 aliphatic heterocycles. The van der Waals surface area contributed by atoms with Gasteiger partial charge in [0.15, 0.2) is 17.8 Å². The van der Waals surface area contributed by atoms with Crippen LogP contribution in [-0.4, -0.2) is 46.4 Å². The second-order valence-electron chi connectivity index (χ2n) is 4.93. The van der Waals surface area contributed by atoms with Crippen LogP contribution in [-0.2, 0) is 4.74 Å². The van der Waals surface area contributed by atoms with E-state index in [0.29, 0.717) is 19.0 Å². The van der Waals surface area contributed by atoms with Crippen molar-refractivity contribution >= 4 is 35.6 Å². The Kier molecular flexibility index (Phi) is 4.31. The Labute approximate surface area is 144 Å². The lowest BCUT2D eigenvalue weighted by atomic mass is 10.2. The molecule has 4 rings (SSSR count). The van der Waals surface area contributed by atoms with Crippen LogP contribution in [0.2, 0.25) is 0 Å². The molecule has 1 unspecified atom stereocenters. The van der Waals surface area contributed by atoms with Gasteiger partial charge in [-0.2, -0.15) is 5.12 Å². The van der Waals surface area contributed by atoms with Crippen LogP contribution >= 0.6 is 24.0 Å². The summed E-state index contributed by atoms with van der Waals surface area (Å²) in [4.78, 5) is 6.48. The van der Waals surface area contributed by atoms with E-state index in [1.165, 1.54) is 0 Å². The maximum absolute atomic E-state index is 5.74. The van der Waals surface area contributed by atoms with E-state index in [4.69, 9.17) is 9.15 Å². The van der Waals surface area contributed by atoms with E-state index in [0.717, 1.165) is 23.9 Å². The first kappa shape index (κ1) is 15.2. The molecule has 4 heterocycles. The maximum atomic E-state index is 5.74. The molecule has 1 aromatic rings. The van der Waals surface area contributed by atoms with Gasteiger partial charge in [0.2, 0.25) is 5.89 Å². The molecule has 22 heavy (non-hydrogen) atoms. The number of hydrogen-bond donors (Lipinski definition) is 2. The summed E-state index contributed by atoms with van der Waals surface area (Å²) in [5.41, 5.74) is 6.34. The first-order chi connectivity index (χ1) is 10.3. The molecule has 1 fully saturated rings. The lowest BCUT2D eigenvalue weighted by Gasteiger charge is -2.34. The van der Waals surface area contributed by atoms with Crippen molar-refractivity contribution < 1.29 is 9.15 Å². The number of aromatic nitrogens is 1. The molecular weight excluding hydrogens is 401 g/mol. The number of hydrazone groups is 2. The molecule has 118 valence electrons. The van der Waals surface area contributed by atoms with Gasteiger partial charge >= 0.3 is 0 Å². The number of halogens is 1. The highest BCUT2D eigenvalue weighted by Crippen LogP contribution is 2.22. The molecule has 0 spiro atoms. The summed E-state index contributed by atoms with van der Waals surface area (Å²) in [7, 11) is 0.